The first-order chi connectivity index (χ1) is 4.20. The van der Waals surface area contributed by atoms with E-state index in [9.17, 15) is 0 Å². The Morgan fingerprint density at radius 1 is 1.56 bits per heavy atom. The average Bonchev–Trinajstić information content (AvgIpc) is 1.80. The molecule has 0 bridgehead atoms. The molecule has 2 atom stereocenters. The van der Waals surface area contributed by atoms with Crippen LogP contribution in [-0.4, -0.2) is 30.3 Å². The zero-order chi connectivity index (χ0) is 6.85. The van der Waals surface area contributed by atoms with E-state index in [1.165, 1.54) is 0 Å². The van der Waals surface area contributed by atoms with Gasteiger partial charge in [-0.15, -0.1) is 0 Å². The van der Waals surface area contributed by atoms with E-state index in [0.717, 1.165) is 13.2 Å². The van der Waals surface area contributed by atoms with Crippen molar-refractivity contribution >= 4 is 0 Å². The SMILES string of the molecule is C[C@@H]1CN(N)[C@H](C)CO1. The largest absolute Gasteiger partial charge is 0.375 e. The third-order valence-electron chi connectivity index (χ3n) is 1.66. The van der Waals surface area contributed by atoms with Crippen LogP contribution in [0.1, 0.15) is 13.8 Å². The van der Waals surface area contributed by atoms with Crippen molar-refractivity contribution in [1.29, 1.82) is 0 Å². The molecule has 0 unspecified atom stereocenters. The second-order valence-electron chi connectivity index (χ2n) is 2.69. The van der Waals surface area contributed by atoms with Gasteiger partial charge < -0.3 is 4.74 Å². The second-order valence-corrected chi connectivity index (χ2v) is 2.69. The third-order valence-corrected chi connectivity index (χ3v) is 1.66. The molecule has 1 fully saturated rings. The van der Waals surface area contributed by atoms with E-state index in [0.29, 0.717) is 12.1 Å². The molecule has 0 amide bonds. The predicted molar refractivity (Wildman–Crippen MR) is 35.8 cm³/mol. The zero-order valence-electron chi connectivity index (χ0n) is 6.00. The Hall–Kier alpha value is -0.120. The van der Waals surface area contributed by atoms with Crippen LogP contribution in [0, 0.1) is 0 Å². The Kier molecular flexibility index (Phi) is 2.05. The molecule has 1 rings (SSSR count). The monoisotopic (exact) mass is 130 g/mol. The fraction of sp³-hybridized carbons (Fsp3) is 1.00. The molecule has 1 aliphatic heterocycles. The summed E-state index contributed by atoms with van der Waals surface area (Å²) in [6.07, 6.45) is 0.297. The summed E-state index contributed by atoms with van der Waals surface area (Å²) in [5, 5.41) is 1.83. The Bertz CT molecular complexity index is 97.1. The zero-order valence-corrected chi connectivity index (χ0v) is 6.00. The highest BCUT2D eigenvalue weighted by Crippen LogP contribution is 2.05. The molecule has 0 radical (unpaired) electrons. The molecule has 1 saturated heterocycles. The number of morpholine rings is 1. The molecule has 54 valence electrons. The standard InChI is InChI=1S/C6H14N2O/c1-5-4-9-6(2)3-8(5)7/h5-6H,3-4,7H2,1-2H3/t5-,6-/m1/s1. The highest BCUT2D eigenvalue weighted by Gasteiger charge is 2.19. The maximum Gasteiger partial charge on any atom is 0.0688 e. The predicted octanol–water partition coefficient (Wildman–Crippen LogP) is -0.0307. The van der Waals surface area contributed by atoms with Gasteiger partial charge in [-0.2, -0.15) is 0 Å². The molecule has 2 N–H and O–H groups in total. The number of hydrogen-bond donors (Lipinski definition) is 1. The third kappa shape index (κ3) is 1.64. The number of nitrogens with zero attached hydrogens (tertiary/aromatic N) is 1. The van der Waals surface area contributed by atoms with Gasteiger partial charge in [0.1, 0.15) is 0 Å². The summed E-state index contributed by atoms with van der Waals surface area (Å²) in [5.41, 5.74) is 0. The molecule has 0 aliphatic carbocycles. The summed E-state index contributed by atoms with van der Waals surface area (Å²) in [4.78, 5) is 0. The molecule has 3 nitrogen and oxygen atoms in total. The highest BCUT2D eigenvalue weighted by molar-refractivity contribution is 4.69. The molecule has 0 aromatic heterocycles. The summed E-state index contributed by atoms with van der Waals surface area (Å²) in [6.45, 7) is 5.70. The number of hydrogen-bond acceptors (Lipinski definition) is 3. The van der Waals surface area contributed by atoms with Gasteiger partial charge in [-0.25, -0.2) is 5.01 Å². The van der Waals surface area contributed by atoms with E-state index < -0.39 is 0 Å². The van der Waals surface area contributed by atoms with Crippen LogP contribution in [0.3, 0.4) is 0 Å². The first kappa shape index (κ1) is 6.99. The van der Waals surface area contributed by atoms with Crippen LogP contribution in [0.25, 0.3) is 0 Å². The minimum absolute atomic E-state index is 0.297. The number of ether oxygens (including phenoxy) is 1. The van der Waals surface area contributed by atoms with Gasteiger partial charge in [0.15, 0.2) is 0 Å². The summed E-state index contributed by atoms with van der Waals surface area (Å²) < 4.78 is 5.34. The van der Waals surface area contributed by atoms with E-state index in [1.54, 1.807) is 0 Å². The molecular formula is C6H14N2O. The van der Waals surface area contributed by atoms with Crippen molar-refractivity contribution in [2.45, 2.75) is 26.0 Å². The van der Waals surface area contributed by atoms with Crippen molar-refractivity contribution in [1.82, 2.24) is 5.01 Å². The lowest BCUT2D eigenvalue weighted by Crippen LogP contribution is -2.50. The topological polar surface area (TPSA) is 38.5 Å². The van der Waals surface area contributed by atoms with Gasteiger partial charge >= 0.3 is 0 Å². The van der Waals surface area contributed by atoms with Crippen LogP contribution in [-0.2, 0) is 4.74 Å². The normalized spacial score (nSPS) is 39.0. The van der Waals surface area contributed by atoms with Gasteiger partial charge in [-0.3, -0.25) is 5.84 Å². The molecule has 0 saturated carbocycles. The van der Waals surface area contributed by atoms with Crippen molar-refractivity contribution in [3.8, 4) is 0 Å². The van der Waals surface area contributed by atoms with Crippen LogP contribution in [0.15, 0.2) is 0 Å². The van der Waals surface area contributed by atoms with E-state index in [2.05, 4.69) is 6.92 Å². The van der Waals surface area contributed by atoms with Crippen molar-refractivity contribution < 1.29 is 4.74 Å². The second kappa shape index (κ2) is 2.64. The lowest BCUT2D eigenvalue weighted by molar-refractivity contribution is -0.0498. The number of nitrogens with two attached hydrogens (primary N) is 1. The van der Waals surface area contributed by atoms with Crippen molar-refractivity contribution in [2.24, 2.45) is 5.84 Å². The summed E-state index contributed by atoms with van der Waals surface area (Å²) in [6, 6.07) is 0.376. The van der Waals surface area contributed by atoms with Crippen LogP contribution in [0.4, 0.5) is 0 Å². The lowest BCUT2D eigenvalue weighted by Gasteiger charge is -2.32. The first-order valence-electron chi connectivity index (χ1n) is 3.33. The van der Waals surface area contributed by atoms with E-state index in [4.69, 9.17) is 10.6 Å². The number of rotatable bonds is 0. The maximum absolute atomic E-state index is 5.62. The molecule has 1 heterocycles. The van der Waals surface area contributed by atoms with Crippen molar-refractivity contribution in [3.63, 3.8) is 0 Å². The Balaban J connectivity index is 2.35. The highest BCUT2D eigenvalue weighted by atomic mass is 16.5. The smallest absolute Gasteiger partial charge is 0.0688 e. The molecule has 0 spiro atoms. The van der Waals surface area contributed by atoms with E-state index >= 15 is 0 Å². The van der Waals surface area contributed by atoms with Crippen LogP contribution in [0.2, 0.25) is 0 Å². The molecule has 0 aromatic rings. The fourth-order valence-corrected chi connectivity index (χ4v) is 0.929. The van der Waals surface area contributed by atoms with Gasteiger partial charge in [0, 0.05) is 12.6 Å². The maximum atomic E-state index is 5.62. The Morgan fingerprint density at radius 2 is 2.22 bits per heavy atom. The Morgan fingerprint density at radius 3 is 2.67 bits per heavy atom. The van der Waals surface area contributed by atoms with Gasteiger partial charge in [-0.1, -0.05) is 0 Å². The first-order valence-corrected chi connectivity index (χ1v) is 3.33. The van der Waals surface area contributed by atoms with E-state index in [-0.39, 0.29) is 0 Å². The molecular weight excluding hydrogens is 116 g/mol. The summed E-state index contributed by atoms with van der Waals surface area (Å²) >= 11 is 0. The molecule has 9 heavy (non-hydrogen) atoms. The summed E-state index contributed by atoms with van der Waals surface area (Å²) in [5.74, 6) is 5.62. The molecule has 1 aliphatic rings. The van der Waals surface area contributed by atoms with Gasteiger partial charge in [0.2, 0.25) is 0 Å². The fourth-order valence-electron chi connectivity index (χ4n) is 0.929. The van der Waals surface area contributed by atoms with Crippen molar-refractivity contribution in [2.75, 3.05) is 13.2 Å². The minimum Gasteiger partial charge on any atom is -0.375 e. The minimum atomic E-state index is 0.297. The van der Waals surface area contributed by atoms with Crippen LogP contribution < -0.4 is 5.84 Å². The molecule has 3 heteroatoms. The number of hydrazine groups is 1. The Labute approximate surface area is 55.7 Å². The van der Waals surface area contributed by atoms with Gasteiger partial charge in [0.05, 0.1) is 12.7 Å². The van der Waals surface area contributed by atoms with Crippen LogP contribution >= 0.6 is 0 Å². The van der Waals surface area contributed by atoms with Crippen molar-refractivity contribution in [3.05, 3.63) is 0 Å². The lowest BCUT2D eigenvalue weighted by atomic mass is 10.2. The molecule has 0 aromatic carbocycles. The van der Waals surface area contributed by atoms with E-state index in [1.807, 2.05) is 11.9 Å². The average molecular weight is 130 g/mol. The summed E-state index contributed by atoms with van der Waals surface area (Å²) in [7, 11) is 0. The van der Waals surface area contributed by atoms with Gasteiger partial charge in [0.25, 0.3) is 0 Å². The van der Waals surface area contributed by atoms with Crippen LogP contribution in [0.5, 0.6) is 0 Å². The quantitative estimate of drug-likeness (QED) is 0.468. The van der Waals surface area contributed by atoms with Gasteiger partial charge in [-0.05, 0) is 13.8 Å².